The van der Waals surface area contributed by atoms with Gasteiger partial charge in [0.15, 0.2) is 17.4 Å². The number of benzene rings is 2. The van der Waals surface area contributed by atoms with E-state index in [-0.39, 0.29) is 43.1 Å². The summed E-state index contributed by atoms with van der Waals surface area (Å²) >= 11 is 7.24. The van der Waals surface area contributed by atoms with Gasteiger partial charge in [-0.3, -0.25) is 9.69 Å². The van der Waals surface area contributed by atoms with Crippen LogP contribution < -0.4 is 9.47 Å². The Morgan fingerprint density at radius 3 is 2.37 bits per heavy atom. The summed E-state index contributed by atoms with van der Waals surface area (Å²) in [4.78, 5) is 53.6. The fraction of sp³-hybridized carbons (Fsp3) is 0.524. The number of aromatic nitrogens is 1. The van der Waals surface area contributed by atoms with E-state index < -0.39 is 52.9 Å². The Morgan fingerprint density at radius 2 is 1.70 bits per heavy atom. The number of halogens is 3. The van der Waals surface area contributed by atoms with Crippen LogP contribution in [-0.2, 0) is 27.2 Å². The minimum absolute atomic E-state index is 0.0127. The maximum absolute atomic E-state index is 15.3. The van der Waals surface area contributed by atoms with E-state index in [0.29, 0.717) is 25.0 Å². The Bertz CT molecular complexity index is 2040. The van der Waals surface area contributed by atoms with Gasteiger partial charge in [0, 0.05) is 43.9 Å². The van der Waals surface area contributed by atoms with E-state index >= 15 is 4.79 Å². The normalized spacial score (nSPS) is 18.4. The van der Waals surface area contributed by atoms with Crippen LogP contribution in [0, 0.1) is 18.6 Å². The van der Waals surface area contributed by atoms with E-state index in [1.807, 2.05) is 30.0 Å². The molecule has 1 saturated carbocycles. The fourth-order valence-electron chi connectivity index (χ4n) is 7.23. The third kappa shape index (κ3) is 9.82. The molecule has 0 N–H and O–H groups in total. The van der Waals surface area contributed by atoms with Crippen molar-refractivity contribution in [3.8, 4) is 11.5 Å². The highest BCUT2D eigenvalue weighted by Gasteiger charge is 2.51. The van der Waals surface area contributed by atoms with Gasteiger partial charge in [-0.2, -0.15) is 0 Å². The van der Waals surface area contributed by atoms with Crippen LogP contribution in [0.4, 0.5) is 18.4 Å². The SMILES string of the molecule is COc1cccc(CN(C(=O)C2=C(c3cnc(CCCOc4c(F)ccc(Cl)c4F)s3)CC3CN(C(=O)OC(C)(C)C)CC2N3C(=O)OC(C)(C)C)C2CC2)c1C. The molecular weight excluding hydrogens is 778 g/mol. The van der Waals surface area contributed by atoms with Crippen LogP contribution in [0.2, 0.25) is 5.02 Å². The van der Waals surface area contributed by atoms with Crippen molar-refractivity contribution >= 4 is 46.6 Å². The van der Waals surface area contributed by atoms with E-state index in [1.54, 1.807) is 64.6 Å². The number of methoxy groups -OCH3 is 1. The molecule has 1 saturated heterocycles. The molecule has 1 aromatic heterocycles. The van der Waals surface area contributed by atoms with Crippen LogP contribution in [0.15, 0.2) is 42.1 Å². The number of nitrogens with zero attached hydrogens (tertiary/aromatic N) is 4. The maximum atomic E-state index is 15.3. The zero-order valence-electron chi connectivity index (χ0n) is 33.7. The van der Waals surface area contributed by atoms with Crippen LogP contribution in [0.3, 0.4) is 0 Å². The predicted molar refractivity (Wildman–Crippen MR) is 214 cm³/mol. The lowest BCUT2D eigenvalue weighted by Gasteiger charge is -2.51. The molecular formula is C42H51ClF2N4O7S. The van der Waals surface area contributed by atoms with Gasteiger partial charge in [-0.05, 0) is 109 Å². The molecule has 2 aromatic carbocycles. The molecule has 0 spiro atoms. The Morgan fingerprint density at radius 1 is 1.00 bits per heavy atom. The molecule has 11 nitrogen and oxygen atoms in total. The Kier molecular flexibility index (Phi) is 12.4. The van der Waals surface area contributed by atoms with Crippen molar-refractivity contribution in [2.24, 2.45) is 0 Å². The molecule has 308 valence electrons. The topological polar surface area (TPSA) is 111 Å². The van der Waals surface area contributed by atoms with Crippen molar-refractivity contribution < 1.29 is 42.1 Å². The molecule has 3 aliphatic rings. The van der Waals surface area contributed by atoms with Crippen LogP contribution in [0.5, 0.6) is 11.5 Å². The van der Waals surface area contributed by atoms with Crippen LogP contribution in [0.25, 0.3) is 5.57 Å². The number of hydrogen-bond donors (Lipinski definition) is 0. The van der Waals surface area contributed by atoms with E-state index in [1.165, 1.54) is 11.3 Å². The van der Waals surface area contributed by atoms with E-state index in [0.717, 1.165) is 57.3 Å². The summed E-state index contributed by atoms with van der Waals surface area (Å²) in [5, 5.41) is 0.506. The number of carbonyl (C=O) groups excluding carboxylic acids is 3. The molecule has 3 heterocycles. The summed E-state index contributed by atoms with van der Waals surface area (Å²) in [5.41, 5.74) is 1.46. The highest BCUT2D eigenvalue weighted by atomic mass is 35.5. The first-order chi connectivity index (χ1) is 26.8. The maximum Gasteiger partial charge on any atom is 0.411 e. The third-order valence-electron chi connectivity index (χ3n) is 9.98. The summed E-state index contributed by atoms with van der Waals surface area (Å²) in [7, 11) is 1.62. The lowest BCUT2D eigenvalue weighted by Crippen LogP contribution is -2.66. The van der Waals surface area contributed by atoms with Gasteiger partial charge >= 0.3 is 12.2 Å². The standard InChI is InChI=1S/C42H51ClF2N4O7S/c1-24-25(11-9-12-32(24)53-8)21-48(26-14-15-26)38(50)35-28(33-20-46-34(57-33)13-10-18-54-37-30(44)17-16-29(43)36(37)45)19-27-22-47(39(51)55-41(2,3)4)23-31(35)49(27)40(52)56-42(5,6)7/h9,11-12,16-17,20,26-27,31H,10,13-15,18-19,21-23H2,1-8H3. The minimum atomic E-state index is -0.951. The van der Waals surface area contributed by atoms with Crippen molar-refractivity contribution in [2.45, 2.75) is 116 Å². The van der Waals surface area contributed by atoms with Crippen molar-refractivity contribution in [1.82, 2.24) is 19.7 Å². The molecule has 2 bridgehead atoms. The van der Waals surface area contributed by atoms with Crippen molar-refractivity contribution in [3.63, 3.8) is 0 Å². The molecule has 2 fully saturated rings. The van der Waals surface area contributed by atoms with Crippen molar-refractivity contribution in [1.29, 1.82) is 0 Å². The molecule has 2 atom stereocenters. The van der Waals surface area contributed by atoms with E-state index in [2.05, 4.69) is 4.98 Å². The number of piperazine rings is 1. The molecule has 3 amide bonds. The number of carbonyl (C=O) groups is 3. The number of fused-ring (bicyclic) bond motifs is 2. The second kappa shape index (κ2) is 16.8. The first-order valence-electron chi connectivity index (χ1n) is 19.2. The molecule has 0 radical (unpaired) electrons. The Hall–Kier alpha value is -4.43. The molecule has 57 heavy (non-hydrogen) atoms. The van der Waals surface area contributed by atoms with E-state index in [9.17, 15) is 18.4 Å². The molecule has 3 aromatic rings. The number of rotatable bonds is 11. The van der Waals surface area contributed by atoms with Gasteiger partial charge < -0.3 is 28.7 Å². The van der Waals surface area contributed by atoms with Crippen LogP contribution in [0.1, 0.15) is 88.2 Å². The van der Waals surface area contributed by atoms with Crippen molar-refractivity contribution in [2.75, 3.05) is 26.8 Å². The second-order valence-electron chi connectivity index (χ2n) is 16.7. The summed E-state index contributed by atoms with van der Waals surface area (Å²) in [6, 6.07) is 6.57. The number of amides is 3. The van der Waals surface area contributed by atoms with Crippen LogP contribution >= 0.6 is 22.9 Å². The van der Waals surface area contributed by atoms with E-state index in [4.69, 9.17) is 30.5 Å². The first-order valence-corrected chi connectivity index (χ1v) is 20.4. The Balaban J connectivity index is 1.38. The zero-order chi connectivity index (χ0) is 41.4. The highest BCUT2D eigenvalue weighted by molar-refractivity contribution is 7.12. The lowest BCUT2D eigenvalue weighted by molar-refractivity contribution is -0.129. The van der Waals surface area contributed by atoms with Gasteiger partial charge in [-0.1, -0.05) is 23.7 Å². The zero-order valence-corrected chi connectivity index (χ0v) is 35.3. The van der Waals surface area contributed by atoms with Gasteiger partial charge in [0.2, 0.25) is 0 Å². The average Bonchev–Trinajstić information content (AvgIpc) is 3.86. The van der Waals surface area contributed by atoms with Gasteiger partial charge in [-0.15, -0.1) is 11.3 Å². The summed E-state index contributed by atoms with van der Waals surface area (Å²) < 4.78 is 51.4. The quantitative estimate of drug-likeness (QED) is 0.139. The number of aryl methyl sites for hydroxylation is 1. The van der Waals surface area contributed by atoms with Crippen molar-refractivity contribution in [3.05, 3.63) is 79.8 Å². The smallest absolute Gasteiger partial charge is 0.411 e. The van der Waals surface area contributed by atoms with Gasteiger partial charge in [-0.25, -0.2) is 23.4 Å². The average molecular weight is 829 g/mol. The molecule has 2 unspecified atom stereocenters. The monoisotopic (exact) mass is 828 g/mol. The molecule has 15 heteroatoms. The minimum Gasteiger partial charge on any atom is -0.496 e. The van der Waals surface area contributed by atoms with Gasteiger partial charge in [0.05, 0.1) is 40.7 Å². The largest absolute Gasteiger partial charge is 0.496 e. The summed E-state index contributed by atoms with van der Waals surface area (Å²) in [6.07, 6.45) is 3.41. The van der Waals surface area contributed by atoms with Crippen LogP contribution in [-0.4, -0.2) is 93.9 Å². The fourth-order valence-corrected chi connectivity index (χ4v) is 8.40. The summed E-state index contributed by atoms with van der Waals surface area (Å²) in [5.74, 6) is -1.83. The molecule has 1 aliphatic carbocycles. The second-order valence-corrected chi connectivity index (χ2v) is 18.2. The van der Waals surface area contributed by atoms with Gasteiger partial charge in [0.1, 0.15) is 17.0 Å². The lowest BCUT2D eigenvalue weighted by atomic mass is 9.83. The number of hydrogen-bond acceptors (Lipinski definition) is 9. The molecule has 6 rings (SSSR count). The Labute approximate surface area is 341 Å². The van der Waals surface area contributed by atoms with Gasteiger partial charge in [0.25, 0.3) is 5.91 Å². The molecule has 2 aliphatic heterocycles. The predicted octanol–water partition coefficient (Wildman–Crippen LogP) is 8.98. The third-order valence-corrected chi connectivity index (χ3v) is 11.4. The highest BCUT2D eigenvalue weighted by Crippen LogP contribution is 2.43. The summed E-state index contributed by atoms with van der Waals surface area (Å²) in [6.45, 7) is 13.3. The number of thiazole rings is 1. The number of ether oxygens (including phenoxy) is 4. The first kappa shape index (κ1) is 42.2.